The van der Waals surface area contributed by atoms with Gasteiger partial charge in [0.2, 0.25) is 0 Å². The van der Waals surface area contributed by atoms with E-state index >= 15 is 0 Å². The van der Waals surface area contributed by atoms with E-state index in [0.29, 0.717) is 297 Å². The van der Waals surface area contributed by atoms with Gasteiger partial charge in [-0.25, -0.2) is 0 Å². The quantitative estimate of drug-likeness (QED) is 0.0838. The molecular weight excluding hydrogens is 1080 g/mol. The largest absolute Gasteiger partial charge is 0.394 e. The van der Waals surface area contributed by atoms with Gasteiger partial charge in [-0.1, -0.05) is 64.7 Å². The Bertz CT molecular complexity index is 1000. The van der Waals surface area contributed by atoms with Gasteiger partial charge in [0.25, 0.3) is 0 Å². The van der Waals surface area contributed by atoms with Gasteiger partial charge >= 0.3 is 0 Å². The van der Waals surface area contributed by atoms with E-state index in [2.05, 4.69) is 6.92 Å². The van der Waals surface area contributed by atoms with Crippen LogP contribution in [0.2, 0.25) is 0 Å². The van der Waals surface area contributed by atoms with Gasteiger partial charge in [-0.2, -0.15) is 0 Å². The summed E-state index contributed by atoms with van der Waals surface area (Å²) in [7, 11) is 0. The summed E-state index contributed by atoms with van der Waals surface area (Å²) in [6.45, 7) is 25.6. The Kier molecular flexibility index (Phi) is 79.1. The molecule has 0 aromatic heterocycles. The van der Waals surface area contributed by atoms with E-state index in [1.165, 1.54) is 57.8 Å². The van der Waals surface area contributed by atoms with E-state index in [1.807, 2.05) is 0 Å². The Balaban J connectivity index is 3.08. The molecule has 0 aromatic carbocycles. The fourth-order valence-corrected chi connectivity index (χ4v) is 6.70. The summed E-state index contributed by atoms with van der Waals surface area (Å²) in [6, 6.07) is 0. The number of hydrogen-bond donors (Lipinski definition) is 1. The van der Waals surface area contributed by atoms with Crippen LogP contribution in [-0.4, -0.2) is 316 Å². The number of rotatable bonds is 79. The first-order chi connectivity index (χ1) is 40.9. The van der Waals surface area contributed by atoms with E-state index in [4.69, 9.17) is 114 Å². The molecule has 0 amide bonds. The van der Waals surface area contributed by atoms with Crippen molar-refractivity contribution in [1.29, 1.82) is 0 Å². The van der Waals surface area contributed by atoms with E-state index in [9.17, 15) is 0 Å². The molecule has 0 spiro atoms. The maximum atomic E-state index is 8.61. The molecule has 0 saturated carbocycles. The second-order valence-corrected chi connectivity index (χ2v) is 18.0. The third-order valence-corrected chi connectivity index (χ3v) is 11.1. The molecule has 0 heterocycles. The Hall–Kier alpha value is -0.960. The van der Waals surface area contributed by atoms with Crippen molar-refractivity contribution in [1.82, 2.24) is 0 Å². The summed E-state index contributed by atoms with van der Waals surface area (Å²) in [5.41, 5.74) is 0. The second kappa shape index (κ2) is 80.0. The van der Waals surface area contributed by atoms with Crippen molar-refractivity contribution in [3.8, 4) is 0 Å². The van der Waals surface area contributed by atoms with Crippen LogP contribution in [0.15, 0.2) is 0 Å². The number of unbranched alkanes of at least 4 members (excludes halogenated alkanes) is 9. The third-order valence-electron chi connectivity index (χ3n) is 11.1. The van der Waals surface area contributed by atoms with Crippen molar-refractivity contribution >= 4 is 0 Å². The predicted molar refractivity (Wildman–Crippen MR) is 308 cm³/mol. The molecule has 24 nitrogen and oxygen atoms in total. The maximum absolute atomic E-state index is 8.61. The molecule has 0 bridgehead atoms. The monoisotopic (exact) mass is 1200 g/mol. The van der Waals surface area contributed by atoms with Crippen LogP contribution in [-0.2, 0) is 109 Å². The molecule has 0 aliphatic heterocycles. The zero-order chi connectivity index (χ0) is 58.6. The molecular formula is C58H118O24. The number of hydrogen-bond acceptors (Lipinski definition) is 24. The summed E-state index contributed by atoms with van der Waals surface area (Å²) in [4.78, 5) is 0. The van der Waals surface area contributed by atoms with Gasteiger partial charge < -0.3 is 114 Å². The van der Waals surface area contributed by atoms with Gasteiger partial charge in [0.05, 0.1) is 304 Å². The van der Waals surface area contributed by atoms with Crippen molar-refractivity contribution in [3.63, 3.8) is 0 Å². The van der Waals surface area contributed by atoms with Crippen LogP contribution in [0.5, 0.6) is 0 Å². The fraction of sp³-hybridized carbons (Fsp3) is 1.00. The lowest BCUT2D eigenvalue weighted by molar-refractivity contribution is -0.0319. The summed E-state index contributed by atoms with van der Waals surface area (Å²) < 4.78 is 126. The van der Waals surface area contributed by atoms with Crippen molar-refractivity contribution in [2.24, 2.45) is 0 Å². The molecule has 0 fully saturated rings. The topological polar surface area (TPSA) is 233 Å². The van der Waals surface area contributed by atoms with Crippen molar-refractivity contribution in [3.05, 3.63) is 0 Å². The summed E-state index contributed by atoms with van der Waals surface area (Å²) in [5.74, 6) is 0. The van der Waals surface area contributed by atoms with E-state index in [0.717, 1.165) is 13.0 Å². The van der Waals surface area contributed by atoms with Crippen molar-refractivity contribution in [2.75, 3.05) is 311 Å². The molecule has 1 N–H and O–H groups in total. The van der Waals surface area contributed by atoms with Crippen LogP contribution in [0.3, 0.4) is 0 Å². The normalized spacial score (nSPS) is 11.8. The molecule has 494 valence electrons. The van der Waals surface area contributed by atoms with Gasteiger partial charge in [0, 0.05) is 6.61 Å². The van der Waals surface area contributed by atoms with E-state index in [-0.39, 0.29) is 6.61 Å². The van der Waals surface area contributed by atoms with Crippen LogP contribution < -0.4 is 0 Å². The smallest absolute Gasteiger partial charge is 0.0701 e. The fourth-order valence-electron chi connectivity index (χ4n) is 6.70. The van der Waals surface area contributed by atoms with Gasteiger partial charge in [-0.05, 0) is 6.42 Å². The zero-order valence-corrected chi connectivity index (χ0v) is 51.1. The summed E-state index contributed by atoms with van der Waals surface area (Å²) >= 11 is 0. The standard InChI is InChI=1S/C58H118O24/c1-2-3-4-5-6-7-8-9-10-11-13-60-15-17-62-19-21-64-23-25-66-27-29-68-31-33-70-35-37-72-39-41-74-43-45-76-47-49-78-51-53-80-55-57-82-58-56-81-54-52-79-50-48-77-46-44-75-42-40-73-38-36-71-34-32-69-30-28-67-26-24-65-22-20-63-18-16-61-14-12-59/h59H,2-58H2,1H3. The van der Waals surface area contributed by atoms with Crippen molar-refractivity contribution in [2.45, 2.75) is 71.1 Å². The van der Waals surface area contributed by atoms with Gasteiger partial charge in [0.1, 0.15) is 0 Å². The lowest BCUT2D eigenvalue weighted by Gasteiger charge is -2.09. The molecule has 0 atom stereocenters. The maximum Gasteiger partial charge on any atom is 0.0701 e. The number of ether oxygens (including phenoxy) is 23. The Morgan fingerprint density at radius 1 is 0.134 bits per heavy atom. The molecule has 0 saturated heterocycles. The molecule has 0 aromatic rings. The minimum absolute atomic E-state index is 0.0188. The lowest BCUT2D eigenvalue weighted by atomic mass is 10.1. The van der Waals surface area contributed by atoms with Gasteiger partial charge in [-0.3, -0.25) is 0 Å². The Morgan fingerprint density at radius 3 is 0.378 bits per heavy atom. The third kappa shape index (κ3) is 79.0. The molecule has 0 rings (SSSR count). The first-order valence-corrected chi connectivity index (χ1v) is 30.8. The van der Waals surface area contributed by atoms with Gasteiger partial charge in [0.15, 0.2) is 0 Å². The van der Waals surface area contributed by atoms with Crippen molar-refractivity contribution < 1.29 is 114 Å². The van der Waals surface area contributed by atoms with Crippen LogP contribution in [0.25, 0.3) is 0 Å². The highest BCUT2D eigenvalue weighted by Gasteiger charge is 2.01. The van der Waals surface area contributed by atoms with Crippen LogP contribution in [0, 0.1) is 0 Å². The highest BCUT2D eigenvalue weighted by atomic mass is 16.6. The second-order valence-electron chi connectivity index (χ2n) is 18.0. The minimum atomic E-state index is 0.0188. The first kappa shape index (κ1) is 81.0. The minimum Gasteiger partial charge on any atom is -0.394 e. The summed E-state index contributed by atoms with van der Waals surface area (Å²) in [5, 5.41) is 8.61. The molecule has 0 aliphatic rings. The molecule has 24 heteroatoms. The average Bonchev–Trinajstić information content (AvgIpc) is 3.48. The van der Waals surface area contributed by atoms with Crippen LogP contribution >= 0.6 is 0 Å². The van der Waals surface area contributed by atoms with E-state index < -0.39 is 0 Å². The Labute approximate surface area is 494 Å². The first-order valence-electron chi connectivity index (χ1n) is 30.8. The highest BCUT2D eigenvalue weighted by molar-refractivity contribution is 4.48. The average molecular weight is 1200 g/mol. The SMILES string of the molecule is CCCCCCCCCCCCOCCOCCOCCOCCOCCOCCOCCOCCOCCOCCOCCOCCOCCOCCOCCOCCOCCOCCOCCOCCOCCOCCOCCO. The number of aliphatic hydroxyl groups is 1. The molecule has 0 radical (unpaired) electrons. The number of aliphatic hydroxyl groups excluding tert-OH is 1. The predicted octanol–water partition coefficient (Wildman–Crippen LogP) is 4.28. The molecule has 0 unspecified atom stereocenters. The lowest BCUT2D eigenvalue weighted by Crippen LogP contribution is -2.16. The van der Waals surface area contributed by atoms with Gasteiger partial charge in [-0.15, -0.1) is 0 Å². The van der Waals surface area contributed by atoms with Crippen LogP contribution in [0.4, 0.5) is 0 Å². The zero-order valence-electron chi connectivity index (χ0n) is 51.1. The van der Waals surface area contributed by atoms with Crippen LogP contribution in [0.1, 0.15) is 71.1 Å². The summed E-state index contributed by atoms with van der Waals surface area (Å²) in [6.07, 6.45) is 13.4. The highest BCUT2D eigenvalue weighted by Crippen LogP contribution is 2.10. The van der Waals surface area contributed by atoms with E-state index in [1.54, 1.807) is 0 Å². The molecule has 0 aliphatic carbocycles. The Morgan fingerprint density at radius 2 is 0.244 bits per heavy atom. The molecule has 82 heavy (non-hydrogen) atoms.